The van der Waals surface area contributed by atoms with Gasteiger partial charge in [-0.25, -0.2) is 4.98 Å². The van der Waals surface area contributed by atoms with Crippen molar-refractivity contribution in [2.24, 2.45) is 0 Å². The lowest BCUT2D eigenvalue weighted by Crippen LogP contribution is -2.21. The number of aromatic nitrogens is 2. The van der Waals surface area contributed by atoms with Crippen LogP contribution in [0.15, 0.2) is 34.1 Å². The zero-order chi connectivity index (χ0) is 11.5. The van der Waals surface area contributed by atoms with Crippen LogP contribution >= 0.6 is 23.1 Å². The standard InChI is InChI=1S/C11H12N2OS2/c1-3-6-16-11-12-8-5-7-15-9(8)10(14)13(11)4-2/h3,5,7H,1,4,6H2,2H3. The van der Waals surface area contributed by atoms with Gasteiger partial charge in [-0.2, -0.15) is 0 Å². The van der Waals surface area contributed by atoms with E-state index in [1.165, 1.54) is 11.3 Å². The Morgan fingerprint density at radius 2 is 2.50 bits per heavy atom. The second kappa shape index (κ2) is 4.84. The van der Waals surface area contributed by atoms with E-state index in [-0.39, 0.29) is 5.56 Å². The molecule has 0 fully saturated rings. The lowest BCUT2D eigenvalue weighted by molar-refractivity contribution is 0.636. The molecule has 2 heterocycles. The number of rotatable bonds is 4. The Morgan fingerprint density at radius 1 is 1.69 bits per heavy atom. The topological polar surface area (TPSA) is 34.9 Å². The molecule has 0 amide bonds. The maximum Gasteiger partial charge on any atom is 0.272 e. The molecule has 0 saturated carbocycles. The quantitative estimate of drug-likeness (QED) is 0.477. The van der Waals surface area contributed by atoms with Crippen LogP contribution in [0.4, 0.5) is 0 Å². The molecular weight excluding hydrogens is 240 g/mol. The summed E-state index contributed by atoms with van der Waals surface area (Å²) < 4.78 is 2.46. The van der Waals surface area contributed by atoms with E-state index in [4.69, 9.17) is 0 Å². The molecule has 0 bridgehead atoms. The van der Waals surface area contributed by atoms with Gasteiger partial charge in [0.05, 0.1) is 5.52 Å². The van der Waals surface area contributed by atoms with Gasteiger partial charge in [-0.05, 0) is 18.4 Å². The van der Waals surface area contributed by atoms with Crippen molar-refractivity contribution in [1.82, 2.24) is 9.55 Å². The fourth-order valence-electron chi connectivity index (χ4n) is 1.45. The first kappa shape index (κ1) is 11.4. The van der Waals surface area contributed by atoms with E-state index >= 15 is 0 Å². The number of thioether (sulfide) groups is 1. The van der Waals surface area contributed by atoms with Gasteiger partial charge in [-0.15, -0.1) is 17.9 Å². The monoisotopic (exact) mass is 252 g/mol. The molecular formula is C11H12N2OS2. The van der Waals surface area contributed by atoms with Gasteiger partial charge in [0.1, 0.15) is 4.70 Å². The molecule has 2 aromatic heterocycles. The molecule has 16 heavy (non-hydrogen) atoms. The smallest absolute Gasteiger partial charge is 0.272 e. The zero-order valence-electron chi connectivity index (χ0n) is 8.97. The molecule has 5 heteroatoms. The third-order valence-corrected chi connectivity index (χ3v) is 4.04. The number of fused-ring (bicyclic) bond motifs is 1. The Labute approximate surface area is 102 Å². The second-order valence-corrected chi connectivity index (χ2v) is 5.08. The number of hydrogen-bond acceptors (Lipinski definition) is 4. The molecule has 2 rings (SSSR count). The van der Waals surface area contributed by atoms with Gasteiger partial charge in [0, 0.05) is 12.3 Å². The summed E-state index contributed by atoms with van der Waals surface area (Å²) in [4.78, 5) is 16.6. The molecule has 3 nitrogen and oxygen atoms in total. The number of thiophene rings is 1. The highest BCUT2D eigenvalue weighted by Gasteiger charge is 2.10. The van der Waals surface area contributed by atoms with Crippen LogP contribution < -0.4 is 5.56 Å². The summed E-state index contributed by atoms with van der Waals surface area (Å²) in [7, 11) is 0. The Hall–Kier alpha value is -1.07. The molecule has 0 atom stereocenters. The van der Waals surface area contributed by atoms with Crippen molar-refractivity contribution in [3.05, 3.63) is 34.5 Å². The van der Waals surface area contributed by atoms with E-state index in [0.717, 1.165) is 21.1 Å². The molecule has 0 aliphatic rings. The predicted molar refractivity (Wildman–Crippen MR) is 70.5 cm³/mol. The lowest BCUT2D eigenvalue weighted by atomic mass is 10.5. The number of hydrogen-bond donors (Lipinski definition) is 0. The van der Waals surface area contributed by atoms with E-state index in [0.29, 0.717) is 6.54 Å². The van der Waals surface area contributed by atoms with Gasteiger partial charge >= 0.3 is 0 Å². The van der Waals surface area contributed by atoms with E-state index in [1.54, 1.807) is 16.3 Å². The van der Waals surface area contributed by atoms with Crippen LogP contribution in [0.1, 0.15) is 6.92 Å². The third kappa shape index (κ3) is 1.92. The second-order valence-electron chi connectivity index (χ2n) is 3.18. The minimum absolute atomic E-state index is 0.0639. The highest BCUT2D eigenvalue weighted by Crippen LogP contribution is 2.20. The summed E-state index contributed by atoms with van der Waals surface area (Å²) in [6, 6.07) is 1.89. The van der Waals surface area contributed by atoms with Gasteiger partial charge < -0.3 is 0 Å². The van der Waals surface area contributed by atoms with E-state index in [2.05, 4.69) is 11.6 Å². The summed E-state index contributed by atoms with van der Waals surface area (Å²) in [6.45, 7) is 6.28. The average molecular weight is 252 g/mol. The van der Waals surface area contributed by atoms with E-state index in [9.17, 15) is 4.79 Å². The fraction of sp³-hybridized carbons (Fsp3) is 0.273. The summed E-state index contributed by atoms with van der Waals surface area (Å²) in [5, 5.41) is 2.68. The Morgan fingerprint density at radius 3 is 3.19 bits per heavy atom. The van der Waals surface area contributed by atoms with Crippen LogP contribution in [0, 0.1) is 0 Å². The predicted octanol–water partition coefficient (Wildman–Crippen LogP) is 2.76. The SMILES string of the molecule is C=CCSc1nc2ccsc2c(=O)n1CC. The van der Waals surface area contributed by atoms with Gasteiger partial charge in [0.15, 0.2) is 5.16 Å². The Balaban J connectivity index is 2.61. The average Bonchev–Trinajstić information content (AvgIpc) is 2.75. The molecule has 0 unspecified atom stereocenters. The first-order valence-corrected chi connectivity index (χ1v) is 6.86. The normalized spacial score (nSPS) is 10.8. The lowest BCUT2D eigenvalue weighted by Gasteiger charge is -2.08. The molecule has 0 N–H and O–H groups in total. The van der Waals surface area contributed by atoms with Gasteiger partial charge in [-0.3, -0.25) is 9.36 Å². The van der Waals surface area contributed by atoms with Crippen molar-refractivity contribution in [3.8, 4) is 0 Å². The summed E-state index contributed by atoms with van der Waals surface area (Å²) in [6.07, 6.45) is 1.81. The largest absolute Gasteiger partial charge is 0.287 e. The van der Waals surface area contributed by atoms with E-state index < -0.39 is 0 Å². The minimum atomic E-state index is 0.0639. The van der Waals surface area contributed by atoms with Crippen LogP contribution in [0.2, 0.25) is 0 Å². The third-order valence-electron chi connectivity index (χ3n) is 2.18. The van der Waals surface area contributed by atoms with Crippen molar-refractivity contribution in [2.75, 3.05) is 5.75 Å². The van der Waals surface area contributed by atoms with Crippen molar-refractivity contribution in [2.45, 2.75) is 18.6 Å². The van der Waals surface area contributed by atoms with Gasteiger partial charge in [0.25, 0.3) is 5.56 Å². The Bertz CT molecular complexity index is 571. The molecule has 0 aromatic carbocycles. The highest BCUT2D eigenvalue weighted by molar-refractivity contribution is 7.99. The van der Waals surface area contributed by atoms with Crippen LogP contribution in [-0.2, 0) is 6.54 Å². The van der Waals surface area contributed by atoms with Crippen LogP contribution in [-0.4, -0.2) is 15.3 Å². The molecule has 0 saturated heterocycles. The first-order valence-electron chi connectivity index (χ1n) is 4.99. The molecule has 84 valence electrons. The van der Waals surface area contributed by atoms with Gasteiger partial charge in [-0.1, -0.05) is 17.8 Å². The Kier molecular flexibility index (Phi) is 3.46. The number of nitrogens with zero attached hydrogens (tertiary/aromatic N) is 2. The van der Waals surface area contributed by atoms with Crippen molar-refractivity contribution >= 4 is 33.3 Å². The van der Waals surface area contributed by atoms with Crippen molar-refractivity contribution < 1.29 is 0 Å². The molecule has 2 aromatic rings. The summed E-state index contributed by atoms with van der Waals surface area (Å²) in [5.74, 6) is 0.766. The van der Waals surface area contributed by atoms with Crippen LogP contribution in [0.3, 0.4) is 0 Å². The summed E-state index contributed by atoms with van der Waals surface area (Å²) >= 11 is 2.99. The molecule has 0 spiro atoms. The maximum absolute atomic E-state index is 12.1. The fourth-order valence-corrected chi connectivity index (χ4v) is 3.02. The van der Waals surface area contributed by atoms with E-state index in [1.807, 2.05) is 24.4 Å². The van der Waals surface area contributed by atoms with Crippen LogP contribution in [0.25, 0.3) is 10.2 Å². The minimum Gasteiger partial charge on any atom is -0.287 e. The maximum atomic E-state index is 12.1. The highest BCUT2D eigenvalue weighted by atomic mass is 32.2. The molecule has 0 aliphatic heterocycles. The molecule has 0 radical (unpaired) electrons. The zero-order valence-corrected chi connectivity index (χ0v) is 10.6. The molecule has 0 aliphatic carbocycles. The van der Waals surface area contributed by atoms with Gasteiger partial charge in [0.2, 0.25) is 0 Å². The first-order chi connectivity index (χ1) is 7.77. The van der Waals surface area contributed by atoms with Crippen molar-refractivity contribution in [3.63, 3.8) is 0 Å². The van der Waals surface area contributed by atoms with Crippen LogP contribution in [0.5, 0.6) is 0 Å². The summed E-state index contributed by atoms with van der Waals surface area (Å²) in [5.41, 5.74) is 0.861. The van der Waals surface area contributed by atoms with Crippen molar-refractivity contribution in [1.29, 1.82) is 0 Å².